The van der Waals surface area contributed by atoms with Gasteiger partial charge in [-0.1, -0.05) is 0 Å². The van der Waals surface area contributed by atoms with Gasteiger partial charge in [0.05, 0.1) is 17.8 Å². The fourth-order valence-corrected chi connectivity index (χ4v) is 1.51. The molecule has 1 aromatic rings. The summed E-state index contributed by atoms with van der Waals surface area (Å²) >= 11 is 0. The van der Waals surface area contributed by atoms with E-state index in [1.807, 2.05) is 13.8 Å². The predicted octanol–water partition coefficient (Wildman–Crippen LogP) is 1.12. The molecule has 0 saturated heterocycles. The van der Waals surface area contributed by atoms with E-state index in [0.29, 0.717) is 24.4 Å². The van der Waals surface area contributed by atoms with Gasteiger partial charge in [-0.3, -0.25) is 9.78 Å². The zero-order chi connectivity index (χ0) is 12.9. The van der Waals surface area contributed by atoms with Crippen molar-refractivity contribution in [2.75, 3.05) is 13.7 Å². The Morgan fingerprint density at radius 3 is 2.78 bits per heavy atom. The van der Waals surface area contributed by atoms with E-state index in [-0.39, 0.29) is 18.3 Å². The van der Waals surface area contributed by atoms with Crippen LogP contribution in [-0.2, 0) is 11.3 Å². The number of hydrogen-bond acceptors (Lipinski definition) is 4. The van der Waals surface area contributed by atoms with Crippen LogP contribution in [0, 0.1) is 0 Å². The van der Waals surface area contributed by atoms with Crippen LogP contribution in [0.15, 0.2) is 18.3 Å². The van der Waals surface area contributed by atoms with Gasteiger partial charge in [0.2, 0.25) is 0 Å². The van der Waals surface area contributed by atoms with E-state index in [9.17, 15) is 4.79 Å². The van der Waals surface area contributed by atoms with E-state index in [1.165, 1.54) is 0 Å². The Labute approximate surface area is 114 Å². The van der Waals surface area contributed by atoms with Crippen LogP contribution in [0.25, 0.3) is 0 Å². The number of aromatic nitrogens is 1. The van der Waals surface area contributed by atoms with Crippen molar-refractivity contribution in [3.05, 3.63) is 29.6 Å². The largest absolute Gasteiger partial charge is 0.382 e. The van der Waals surface area contributed by atoms with E-state index < -0.39 is 5.54 Å². The zero-order valence-electron chi connectivity index (χ0n) is 10.9. The van der Waals surface area contributed by atoms with E-state index in [1.54, 1.807) is 25.4 Å². The highest BCUT2D eigenvalue weighted by molar-refractivity contribution is 5.94. The van der Waals surface area contributed by atoms with Crippen molar-refractivity contribution in [2.45, 2.75) is 25.9 Å². The minimum Gasteiger partial charge on any atom is -0.382 e. The third kappa shape index (κ3) is 5.00. The number of methoxy groups -OCH3 is 1. The average molecular weight is 274 g/mol. The number of carbonyl (C=O) groups is 1. The second-order valence-corrected chi connectivity index (χ2v) is 4.51. The summed E-state index contributed by atoms with van der Waals surface area (Å²) < 4.78 is 5.04. The van der Waals surface area contributed by atoms with Gasteiger partial charge in [-0.15, -0.1) is 12.4 Å². The molecule has 1 heterocycles. The summed E-state index contributed by atoms with van der Waals surface area (Å²) in [6, 6.07) is 3.36. The lowest BCUT2D eigenvalue weighted by Crippen LogP contribution is -2.46. The highest BCUT2D eigenvalue weighted by Crippen LogP contribution is 2.07. The number of amides is 1. The van der Waals surface area contributed by atoms with Crippen molar-refractivity contribution in [2.24, 2.45) is 5.73 Å². The second-order valence-electron chi connectivity index (χ2n) is 4.51. The van der Waals surface area contributed by atoms with Crippen LogP contribution in [0.5, 0.6) is 0 Å². The van der Waals surface area contributed by atoms with Gasteiger partial charge in [0.15, 0.2) is 0 Å². The molecule has 0 aliphatic carbocycles. The Kier molecular flexibility index (Phi) is 6.83. The monoisotopic (exact) mass is 273 g/mol. The van der Waals surface area contributed by atoms with Crippen molar-refractivity contribution in [3.8, 4) is 0 Å². The molecule has 102 valence electrons. The molecule has 18 heavy (non-hydrogen) atoms. The van der Waals surface area contributed by atoms with Crippen molar-refractivity contribution < 1.29 is 9.53 Å². The van der Waals surface area contributed by atoms with Crippen LogP contribution in [0.4, 0.5) is 0 Å². The smallest absolute Gasteiger partial charge is 0.251 e. The molecule has 6 heteroatoms. The molecule has 0 bridgehead atoms. The lowest BCUT2D eigenvalue weighted by atomic mass is 10.1. The molecular formula is C12H20ClN3O2. The van der Waals surface area contributed by atoms with Gasteiger partial charge in [0, 0.05) is 25.4 Å². The molecule has 0 saturated carbocycles. The van der Waals surface area contributed by atoms with Crippen molar-refractivity contribution in [3.63, 3.8) is 0 Å². The molecule has 0 spiro atoms. The zero-order valence-corrected chi connectivity index (χ0v) is 11.7. The predicted molar refractivity (Wildman–Crippen MR) is 72.8 cm³/mol. The van der Waals surface area contributed by atoms with E-state index in [2.05, 4.69) is 10.3 Å². The maximum Gasteiger partial charge on any atom is 0.251 e. The Balaban J connectivity index is 0.00000289. The average Bonchev–Trinajstić information content (AvgIpc) is 2.28. The number of nitrogens with one attached hydrogen (secondary N) is 1. The lowest BCUT2D eigenvalue weighted by molar-refractivity contribution is 0.0820. The van der Waals surface area contributed by atoms with Gasteiger partial charge >= 0.3 is 0 Å². The first-order chi connectivity index (χ1) is 7.98. The normalized spacial score (nSPS) is 10.7. The molecular weight excluding hydrogens is 254 g/mol. The Bertz CT molecular complexity index is 397. The Hall–Kier alpha value is -1.17. The third-order valence-corrected chi connectivity index (χ3v) is 2.24. The minimum absolute atomic E-state index is 0. The molecule has 1 amide bonds. The number of ether oxygens (including phenoxy) is 1. The first kappa shape index (κ1) is 16.8. The standard InChI is InChI=1S/C12H19N3O2.ClH/c1-12(2,8-17-3)15-11(16)9-4-5-14-10(6-9)7-13;/h4-6H,7-8,13H2,1-3H3,(H,15,16);1H. The molecule has 0 aromatic carbocycles. The summed E-state index contributed by atoms with van der Waals surface area (Å²) in [5, 5.41) is 2.89. The third-order valence-electron chi connectivity index (χ3n) is 2.24. The number of nitrogens with zero attached hydrogens (tertiary/aromatic N) is 1. The van der Waals surface area contributed by atoms with Crippen LogP contribution in [-0.4, -0.2) is 30.1 Å². The van der Waals surface area contributed by atoms with Crippen LogP contribution in [0.3, 0.4) is 0 Å². The van der Waals surface area contributed by atoms with E-state index in [0.717, 1.165) is 0 Å². The van der Waals surface area contributed by atoms with Gasteiger partial charge in [-0.05, 0) is 26.0 Å². The van der Waals surface area contributed by atoms with Gasteiger partial charge in [-0.2, -0.15) is 0 Å². The highest BCUT2D eigenvalue weighted by Gasteiger charge is 2.21. The maximum atomic E-state index is 12.0. The molecule has 3 N–H and O–H groups in total. The second kappa shape index (κ2) is 7.31. The highest BCUT2D eigenvalue weighted by atomic mass is 35.5. The SMILES string of the molecule is COCC(C)(C)NC(=O)c1ccnc(CN)c1.Cl. The quantitative estimate of drug-likeness (QED) is 0.843. The van der Waals surface area contributed by atoms with Gasteiger partial charge in [-0.25, -0.2) is 0 Å². The number of rotatable bonds is 5. The van der Waals surface area contributed by atoms with Gasteiger partial charge in [0.1, 0.15) is 0 Å². The molecule has 0 atom stereocenters. The number of halogens is 1. The summed E-state index contributed by atoms with van der Waals surface area (Å²) in [6.07, 6.45) is 1.58. The van der Waals surface area contributed by atoms with E-state index >= 15 is 0 Å². The summed E-state index contributed by atoms with van der Waals surface area (Å²) in [5.41, 5.74) is 6.33. The maximum absolute atomic E-state index is 12.0. The Morgan fingerprint density at radius 1 is 1.56 bits per heavy atom. The number of nitrogens with two attached hydrogens (primary N) is 1. The molecule has 1 aromatic heterocycles. The van der Waals surface area contributed by atoms with Crippen LogP contribution in [0.1, 0.15) is 29.9 Å². The fraction of sp³-hybridized carbons (Fsp3) is 0.500. The van der Waals surface area contributed by atoms with Crippen molar-refractivity contribution in [1.82, 2.24) is 10.3 Å². The number of hydrogen-bond donors (Lipinski definition) is 2. The van der Waals surface area contributed by atoms with Gasteiger partial charge in [0.25, 0.3) is 5.91 Å². The summed E-state index contributed by atoms with van der Waals surface area (Å²) in [5.74, 6) is -0.149. The van der Waals surface area contributed by atoms with Crippen LogP contribution >= 0.6 is 12.4 Å². The van der Waals surface area contributed by atoms with E-state index in [4.69, 9.17) is 10.5 Å². The molecule has 0 fully saturated rings. The topological polar surface area (TPSA) is 77.2 Å². The molecule has 0 unspecified atom stereocenters. The molecule has 0 aliphatic heterocycles. The van der Waals surface area contributed by atoms with Gasteiger partial charge < -0.3 is 15.8 Å². The number of carbonyl (C=O) groups excluding carboxylic acids is 1. The Morgan fingerprint density at radius 2 is 2.22 bits per heavy atom. The lowest BCUT2D eigenvalue weighted by Gasteiger charge is -2.25. The fourth-order valence-electron chi connectivity index (χ4n) is 1.51. The molecule has 5 nitrogen and oxygen atoms in total. The molecule has 0 radical (unpaired) electrons. The summed E-state index contributed by atoms with van der Waals surface area (Å²) in [6.45, 7) is 4.58. The molecule has 1 rings (SSSR count). The number of pyridine rings is 1. The molecule has 0 aliphatic rings. The summed E-state index contributed by atoms with van der Waals surface area (Å²) in [4.78, 5) is 16.0. The first-order valence-corrected chi connectivity index (χ1v) is 5.45. The van der Waals surface area contributed by atoms with Crippen molar-refractivity contribution >= 4 is 18.3 Å². The first-order valence-electron chi connectivity index (χ1n) is 5.45. The summed E-state index contributed by atoms with van der Waals surface area (Å²) in [7, 11) is 1.60. The van der Waals surface area contributed by atoms with Crippen molar-refractivity contribution in [1.29, 1.82) is 0 Å². The van der Waals surface area contributed by atoms with Crippen LogP contribution in [0.2, 0.25) is 0 Å². The van der Waals surface area contributed by atoms with Crippen LogP contribution < -0.4 is 11.1 Å². The minimum atomic E-state index is -0.405.